The van der Waals surface area contributed by atoms with Gasteiger partial charge in [0.1, 0.15) is 17.8 Å². The van der Waals surface area contributed by atoms with Crippen LogP contribution in [0.15, 0.2) is 24.3 Å². The fraction of sp³-hybridized carbons (Fsp3) is 0.500. The van der Waals surface area contributed by atoms with Gasteiger partial charge in [0.2, 0.25) is 5.91 Å². The van der Waals surface area contributed by atoms with E-state index in [1.54, 1.807) is 0 Å². The van der Waals surface area contributed by atoms with E-state index in [-0.39, 0.29) is 18.3 Å². The predicted molar refractivity (Wildman–Crippen MR) is 93.2 cm³/mol. The Morgan fingerprint density at radius 3 is 2.48 bits per heavy atom. The van der Waals surface area contributed by atoms with Crippen molar-refractivity contribution in [2.75, 3.05) is 6.54 Å². The van der Waals surface area contributed by atoms with Crippen LogP contribution in [0, 0.1) is 0 Å². The summed E-state index contributed by atoms with van der Waals surface area (Å²) in [5, 5.41) is 5.30. The molecular weight excluding hydrogens is 360 g/mol. The van der Waals surface area contributed by atoms with Crippen LogP contribution in [-0.2, 0) is 15.1 Å². The van der Waals surface area contributed by atoms with Crippen molar-refractivity contribution in [1.82, 2.24) is 15.5 Å². The van der Waals surface area contributed by atoms with E-state index in [0.29, 0.717) is 5.56 Å². The minimum absolute atomic E-state index is 0.0583. The summed E-state index contributed by atoms with van der Waals surface area (Å²) in [5.74, 6) is -1.08. The standard InChI is InChI=1S/C18H23F2N3O4/c1-4-5-11(2)21-14(24)10-23-15(25)18(3,22-17(23)26)12-6-8-13(9-7-12)27-16(19)20/h6-9,11,16H,4-5,10H2,1-3H3,(H,21,24)(H,22,26)/t11-,18+/m0/s1. The average Bonchev–Trinajstić information content (AvgIpc) is 2.79. The molecular formula is C18H23F2N3O4. The second kappa shape index (κ2) is 8.32. The van der Waals surface area contributed by atoms with Crippen molar-refractivity contribution in [1.29, 1.82) is 0 Å². The quantitative estimate of drug-likeness (QED) is 0.675. The van der Waals surface area contributed by atoms with Gasteiger partial charge >= 0.3 is 12.6 Å². The van der Waals surface area contributed by atoms with Crippen LogP contribution in [0.3, 0.4) is 0 Å². The molecule has 7 nitrogen and oxygen atoms in total. The fourth-order valence-electron chi connectivity index (χ4n) is 2.98. The molecule has 1 aliphatic rings. The van der Waals surface area contributed by atoms with E-state index in [0.717, 1.165) is 17.7 Å². The average molecular weight is 383 g/mol. The van der Waals surface area contributed by atoms with Crippen LogP contribution in [0.2, 0.25) is 0 Å². The molecule has 2 rings (SSSR count). The highest BCUT2D eigenvalue weighted by atomic mass is 19.3. The monoisotopic (exact) mass is 383 g/mol. The van der Waals surface area contributed by atoms with Crippen molar-refractivity contribution >= 4 is 17.8 Å². The predicted octanol–water partition coefficient (Wildman–Crippen LogP) is 2.36. The summed E-state index contributed by atoms with van der Waals surface area (Å²) >= 11 is 0. The Kier molecular flexibility index (Phi) is 6.35. The molecule has 1 aromatic carbocycles. The molecule has 0 aliphatic carbocycles. The Labute approximate surface area is 156 Å². The van der Waals surface area contributed by atoms with E-state index >= 15 is 0 Å². The maximum absolute atomic E-state index is 12.8. The first kappa shape index (κ1) is 20.6. The molecule has 1 heterocycles. The Balaban J connectivity index is 2.10. The lowest BCUT2D eigenvalue weighted by atomic mass is 9.92. The lowest BCUT2D eigenvalue weighted by Crippen LogP contribution is -2.44. The summed E-state index contributed by atoms with van der Waals surface area (Å²) in [5.41, 5.74) is -1.000. The molecule has 2 N–H and O–H groups in total. The molecule has 0 unspecified atom stereocenters. The zero-order valence-corrected chi connectivity index (χ0v) is 15.4. The second-order valence-electron chi connectivity index (χ2n) is 6.61. The summed E-state index contributed by atoms with van der Waals surface area (Å²) in [6, 6.07) is 4.67. The van der Waals surface area contributed by atoms with Crippen molar-refractivity contribution < 1.29 is 27.9 Å². The van der Waals surface area contributed by atoms with Crippen LogP contribution >= 0.6 is 0 Å². The van der Waals surface area contributed by atoms with Crippen LogP contribution in [0.4, 0.5) is 13.6 Å². The third-order valence-corrected chi connectivity index (χ3v) is 4.36. The van der Waals surface area contributed by atoms with E-state index in [2.05, 4.69) is 15.4 Å². The highest BCUT2D eigenvalue weighted by Gasteiger charge is 2.49. The Hall–Kier alpha value is -2.71. The SMILES string of the molecule is CCC[C@H](C)NC(=O)CN1C(=O)N[C@](C)(c2ccc(OC(F)F)cc2)C1=O. The molecule has 1 fully saturated rings. The number of nitrogens with zero attached hydrogens (tertiary/aromatic N) is 1. The number of nitrogens with one attached hydrogen (secondary N) is 2. The number of carbonyl (C=O) groups is 3. The Morgan fingerprint density at radius 1 is 1.30 bits per heavy atom. The fourth-order valence-corrected chi connectivity index (χ4v) is 2.98. The largest absolute Gasteiger partial charge is 0.435 e. The molecule has 0 bridgehead atoms. The minimum atomic E-state index is -2.96. The van der Waals surface area contributed by atoms with Gasteiger partial charge in [-0.3, -0.25) is 14.5 Å². The van der Waals surface area contributed by atoms with Gasteiger partial charge in [0.05, 0.1) is 0 Å². The summed E-state index contributed by atoms with van der Waals surface area (Å²) < 4.78 is 28.8. The molecule has 1 aromatic rings. The summed E-state index contributed by atoms with van der Waals surface area (Å²) in [6.45, 7) is 1.99. The van der Waals surface area contributed by atoms with Crippen molar-refractivity contribution in [2.45, 2.75) is 51.8 Å². The van der Waals surface area contributed by atoms with E-state index in [1.807, 2.05) is 13.8 Å². The first-order valence-electron chi connectivity index (χ1n) is 8.66. The number of amides is 4. The normalized spacial score (nSPS) is 20.6. The molecule has 4 amide bonds. The Morgan fingerprint density at radius 2 is 1.93 bits per heavy atom. The third-order valence-electron chi connectivity index (χ3n) is 4.36. The molecule has 1 aliphatic heterocycles. The molecule has 0 saturated carbocycles. The van der Waals surface area contributed by atoms with E-state index < -0.39 is 30.0 Å². The van der Waals surface area contributed by atoms with Crippen LogP contribution in [0.1, 0.15) is 39.2 Å². The van der Waals surface area contributed by atoms with Crippen LogP contribution in [-0.4, -0.2) is 41.9 Å². The lowest BCUT2D eigenvalue weighted by Gasteiger charge is -2.22. The molecule has 0 spiro atoms. The van der Waals surface area contributed by atoms with Crippen LogP contribution in [0.25, 0.3) is 0 Å². The van der Waals surface area contributed by atoms with Gasteiger partial charge in [0.15, 0.2) is 0 Å². The van der Waals surface area contributed by atoms with Crippen LogP contribution < -0.4 is 15.4 Å². The molecule has 27 heavy (non-hydrogen) atoms. The number of ether oxygens (including phenoxy) is 1. The van der Waals surface area contributed by atoms with Gasteiger partial charge in [-0.15, -0.1) is 0 Å². The van der Waals surface area contributed by atoms with Gasteiger partial charge in [-0.25, -0.2) is 4.79 Å². The molecule has 2 atom stereocenters. The number of alkyl halides is 2. The van der Waals surface area contributed by atoms with Crippen LogP contribution in [0.5, 0.6) is 5.75 Å². The van der Waals surface area contributed by atoms with Crippen molar-refractivity contribution in [3.05, 3.63) is 29.8 Å². The van der Waals surface area contributed by atoms with Gasteiger partial charge < -0.3 is 15.4 Å². The maximum atomic E-state index is 12.8. The zero-order chi connectivity index (χ0) is 20.2. The number of hydrogen-bond acceptors (Lipinski definition) is 4. The Bertz CT molecular complexity index is 711. The number of rotatable bonds is 8. The first-order chi connectivity index (χ1) is 12.7. The molecule has 148 valence electrons. The summed E-state index contributed by atoms with van der Waals surface area (Å²) in [6.07, 6.45) is 1.69. The molecule has 0 aromatic heterocycles. The number of halogens is 2. The molecule has 1 saturated heterocycles. The van der Waals surface area contributed by atoms with Gasteiger partial charge in [0, 0.05) is 6.04 Å². The molecule has 0 radical (unpaired) electrons. The van der Waals surface area contributed by atoms with Crippen molar-refractivity contribution in [3.63, 3.8) is 0 Å². The molecule has 9 heteroatoms. The van der Waals surface area contributed by atoms with Gasteiger partial charge in [-0.05, 0) is 38.0 Å². The topological polar surface area (TPSA) is 87.7 Å². The van der Waals surface area contributed by atoms with E-state index in [9.17, 15) is 23.2 Å². The summed E-state index contributed by atoms with van der Waals surface area (Å²) in [7, 11) is 0. The highest BCUT2D eigenvalue weighted by Crippen LogP contribution is 2.30. The smallest absolute Gasteiger partial charge is 0.387 e. The number of imide groups is 1. The van der Waals surface area contributed by atoms with Crippen molar-refractivity contribution in [2.24, 2.45) is 0 Å². The second-order valence-corrected chi connectivity index (χ2v) is 6.61. The van der Waals surface area contributed by atoms with E-state index in [1.165, 1.54) is 31.2 Å². The van der Waals surface area contributed by atoms with Gasteiger partial charge in [-0.1, -0.05) is 25.5 Å². The third kappa shape index (κ3) is 4.72. The number of benzene rings is 1. The lowest BCUT2D eigenvalue weighted by molar-refractivity contribution is -0.135. The summed E-state index contributed by atoms with van der Waals surface area (Å²) in [4.78, 5) is 37.9. The highest BCUT2D eigenvalue weighted by molar-refractivity contribution is 6.09. The number of carbonyl (C=O) groups excluding carboxylic acids is 3. The minimum Gasteiger partial charge on any atom is -0.435 e. The number of urea groups is 1. The van der Waals surface area contributed by atoms with E-state index in [4.69, 9.17) is 0 Å². The number of hydrogen-bond donors (Lipinski definition) is 2. The maximum Gasteiger partial charge on any atom is 0.387 e. The van der Waals surface area contributed by atoms with Crippen molar-refractivity contribution in [3.8, 4) is 5.75 Å². The first-order valence-corrected chi connectivity index (χ1v) is 8.66. The van der Waals surface area contributed by atoms with Gasteiger partial charge in [0.25, 0.3) is 5.91 Å². The zero-order valence-electron chi connectivity index (χ0n) is 15.4. The van der Waals surface area contributed by atoms with Gasteiger partial charge in [-0.2, -0.15) is 8.78 Å².